The quantitative estimate of drug-likeness (QED) is 0.621. The Morgan fingerprint density at radius 2 is 1.83 bits per heavy atom. The van der Waals surface area contributed by atoms with E-state index in [4.69, 9.17) is 0 Å². The third-order valence-electron chi connectivity index (χ3n) is 1.81. The van der Waals surface area contributed by atoms with Gasteiger partial charge in [0.1, 0.15) is 5.76 Å². The molecule has 1 aromatic rings. The zero-order valence-corrected chi connectivity index (χ0v) is 7.54. The third kappa shape index (κ3) is 1.50. The highest BCUT2D eigenvalue weighted by Gasteiger charge is 2.10. The van der Waals surface area contributed by atoms with Gasteiger partial charge in [0.25, 0.3) is 0 Å². The summed E-state index contributed by atoms with van der Waals surface area (Å²) in [6.07, 6.45) is 2.71. The molecule has 1 N–H and O–H groups in total. The summed E-state index contributed by atoms with van der Waals surface area (Å²) in [5.74, 6) is 0.426. The van der Waals surface area contributed by atoms with Gasteiger partial charge in [0, 0.05) is 5.56 Å². The van der Waals surface area contributed by atoms with Gasteiger partial charge >= 0.3 is 0 Å². The van der Waals surface area contributed by atoms with Crippen molar-refractivity contribution < 1.29 is 5.11 Å². The van der Waals surface area contributed by atoms with E-state index >= 15 is 0 Å². The molecule has 0 aromatic heterocycles. The van der Waals surface area contributed by atoms with Crippen molar-refractivity contribution in [3.05, 3.63) is 41.5 Å². The van der Waals surface area contributed by atoms with E-state index in [0.717, 1.165) is 12.0 Å². The van der Waals surface area contributed by atoms with Crippen LogP contribution in [-0.2, 0) is 6.42 Å². The highest BCUT2D eigenvalue weighted by Crippen LogP contribution is 2.23. The molecule has 0 unspecified atom stereocenters. The van der Waals surface area contributed by atoms with Gasteiger partial charge in [-0.25, -0.2) is 0 Å². The van der Waals surface area contributed by atoms with Crippen LogP contribution in [-0.4, -0.2) is 5.11 Å². The summed E-state index contributed by atoms with van der Waals surface area (Å²) in [5.41, 5.74) is 2.21. The molecule has 0 saturated heterocycles. The first-order valence-electron chi connectivity index (χ1n) is 4.35. The molecule has 0 spiro atoms. The predicted octanol–water partition coefficient (Wildman–Crippen LogP) is 3.17. The Morgan fingerprint density at radius 3 is 2.50 bits per heavy atom. The number of benzene rings is 1. The monoisotopic (exact) mass is 162 g/mol. The fraction of sp³-hybridized carbons (Fsp3) is 0.273. The van der Waals surface area contributed by atoms with Crippen molar-refractivity contribution >= 4 is 5.76 Å². The van der Waals surface area contributed by atoms with E-state index < -0.39 is 0 Å². The number of aliphatic hydroxyl groups is 1. The van der Waals surface area contributed by atoms with Crippen molar-refractivity contribution in [3.8, 4) is 0 Å². The Kier molecular flexibility index (Phi) is 2.92. The summed E-state index contributed by atoms with van der Waals surface area (Å²) in [6, 6.07) is 7.91. The van der Waals surface area contributed by atoms with Crippen LogP contribution in [0.5, 0.6) is 0 Å². The number of hydrogen-bond donors (Lipinski definition) is 1. The maximum Gasteiger partial charge on any atom is 0.119 e. The maximum absolute atomic E-state index is 9.24. The zero-order chi connectivity index (χ0) is 8.97. The van der Waals surface area contributed by atoms with Gasteiger partial charge in [-0.05, 0) is 18.1 Å². The van der Waals surface area contributed by atoms with Gasteiger partial charge < -0.3 is 5.11 Å². The van der Waals surface area contributed by atoms with E-state index in [1.54, 1.807) is 0 Å². The first-order chi connectivity index (χ1) is 5.88. The minimum Gasteiger partial charge on any atom is -0.508 e. The molecule has 1 aliphatic rings. The van der Waals surface area contributed by atoms with Crippen LogP contribution in [0.3, 0.4) is 0 Å². The topological polar surface area (TPSA) is 20.2 Å². The van der Waals surface area contributed by atoms with Crippen LogP contribution in [0.25, 0.3) is 5.76 Å². The molecule has 0 atom stereocenters. The Labute approximate surface area is 73.4 Å². The van der Waals surface area contributed by atoms with Gasteiger partial charge in [-0.3, -0.25) is 0 Å². The zero-order valence-electron chi connectivity index (χ0n) is 7.54. The number of hydrogen-bond acceptors (Lipinski definition) is 1. The van der Waals surface area contributed by atoms with E-state index in [0.29, 0.717) is 5.76 Å². The molecule has 0 aliphatic heterocycles. The van der Waals surface area contributed by atoms with Gasteiger partial charge in [0.2, 0.25) is 0 Å². The molecule has 1 aromatic carbocycles. The minimum absolute atomic E-state index is 0.426. The van der Waals surface area contributed by atoms with Crippen LogP contribution < -0.4 is 0 Å². The number of rotatable bonds is 0. The smallest absolute Gasteiger partial charge is 0.119 e. The highest BCUT2D eigenvalue weighted by atomic mass is 16.3. The number of fused-ring (bicyclic) bond motifs is 1. The van der Waals surface area contributed by atoms with Crippen LogP contribution in [0, 0.1) is 0 Å². The molecule has 0 bridgehead atoms. The molecular formula is C11H14O. The lowest BCUT2D eigenvalue weighted by Gasteiger charge is -1.96. The molecule has 12 heavy (non-hydrogen) atoms. The summed E-state index contributed by atoms with van der Waals surface area (Å²) in [6.45, 7) is 4.00. The van der Waals surface area contributed by atoms with Gasteiger partial charge in [0.05, 0.1) is 0 Å². The molecule has 1 heteroatoms. The van der Waals surface area contributed by atoms with Gasteiger partial charge in [0.15, 0.2) is 0 Å². The fourth-order valence-corrected chi connectivity index (χ4v) is 1.26. The summed E-state index contributed by atoms with van der Waals surface area (Å²) in [7, 11) is 0. The fourth-order valence-electron chi connectivity index (χ4n) is 1.26. The van der Waals surface area contributed by atoms with E-state index in [1.165, 1.54) is 5.56 Å². The molecule has 0 heterocycles. The Hall–Kier alpha value is -1.24. The summed E-state index contributed by atoms with van der Waals surface area (Å²) >= 11 is 0. The largest absolute Gasteiger partial charge is 0.508 e. The average molecular weight is 162 g/mol. The number of aliphatic hydroxyl groups excluding tert-OH is 1. The lowest BCUT2D eigenvalue weighted by molar-refractivity contribution is 0.513. The average Bonchev–Trinajstić information content (AvgIpc) is 2.53. The molecule has 64 valence electrons. The molecule has 0 fully saturated rings. The van der Waals surface area contributed by atoms with Gasteiger partial charge in [-0.2, -0.15) is 0 Å². The van der Waals surface area contributed by atoms with Crippen LogP contribution >= 0.6 is 0 Å². The number of allylic oxidation sites excluding steroid dienone is 1. The molecule has 0 saturated carbocycles. The molecule has 0 amide bonds. The Morgan fingerprint density at radius 1 is 1.17 bits per heavy atom. The first-order valence-corrected chi connectivity index (χ1v) is 4.35. The summed E-state index contributed by atoms with van der Waals surface area (Å²) in [4.78, 5) is 0. The van der Waals surface area contributed by atoms with Crippen molar-refractivity contribution in [2.24, 2.45) is 0 Å². The molecule has 1 aliphatic carbocycles. The second-order valence-electron chi connectivity index (χ2n) is 2.45. The molecule has 1 nitrogen and oxygen atoms in total. The molecule has 0 radical (unpaired) electrons. The summed E-state index contributed by atoms with van der Waals surface area (Å²) < 4.78 is 0. The Bertz CT molecular complexity index is 287. The van der Waals surface area contributed by atoms with Crippen molar-refractivity contribution in [2.75, 3.05) is 0 Å². The van der Waals surface area contributed by atoms with E-state index in [9.17, 15) is 5.11 Å². The first kappa shape index (κ1) is 8.85. The third-order valence-corrected chi connectivity index (χ3v) is 1.81. The van der Waals surface area contributed by atoms with Crippen LogP contribution in [0.1, 0.15) is 25.0 Å². The van der Waals surface area contributed by atoms with Crippen molar-refractivity contribution in [3.63, 3.8) is 0 Å². The maximum atomic E-state index is 9.24. The molecular weight excluding hydrogens is 148 g/mol. The normalized spacial score (nSPS) is 12.7. The van der Waals surface area contributed by atoms with Crippen molar-refractivity contribution in [1.82, 2.24) is 0 Å². The van der Waals surface area contributed by atoms with Crippen molar-refractivity contribution in [1.29, 1.82) is 0 Å². The van der Waals surface area contributed by atoms with E-state index in [-0.39, 0.29) is 0 Å². The molecule has 2 rings (SSSR count). The minimum atomic E-state index is 0.426. The second-order valence-corrected chi connectivity index (χ2v) is 2.45. The predicted molar refractivity (Wildman–Crippen MR) is 52.1 cm³/mol. The van der Waals surface area contributed by atoms with Crippen LogP contribution in [0.4, 0.5) is 0 Å². The second kappa shape index (κ2) is 3.96. The van der Waals surface area contributed by atoms with Gasteiger partial charge in [-0.15, -0.1) is 0 Å². The lowest BCUT2D eigenvalue weighted by atomic mass is 10.1. The van der Waals surface area contributed by atoms with Crippen LogP contribution in [0.2, 0.25) is 0 Å². The van der Waals surface area contributed by atoms with Crippen molar-refractivity contribution in [2.45, 2.75) is 20.3 Å². The lowest BCUT2D eigenvalue weighted by Crippen LogP contribution is -1.80. The Balaban J connectivity index is 0.000000336. The van der Waals surface area contributed by atoms with E-state index in [1.807, 2.05) is 44.2 Å². The van der Waals surface area contributed by atoms with Crippen LogP contribution in [0.15, 0.2) is 30.3 Å². The standard InChI is InChI=1S/C9H8O.C2H6/c10-9-6-5-7-3-1-2-4-8(7)9;1-2/h1-4,6,10H,5H2;1-2H3. The van der Waals surface area contributed by atoms with Gasteiger partial charge in [-0.1, -0.05) is 38.1 Å². The highest BCUT2D eigenvalue weighted by molar-refractivity contribution is 5.66. The SMILES string of the molecule is CC.OC1=CCc2ccccc21. The summed E-state index contributed by atoms with van der Waals surface area (Å²) in [5, 5.41) is 9.24. The van der Waals surface area contributed by atoms with E-state index in [2.05, 4.69) is 0 Å².